The van der Waals surface area contributed by atoms with Crippen molar-refractivity contribution < 1.29 is 18.3 Å². The van der Waals surface area contributed by atoms with Gasteiger partial charge in [0.2, 0.25) is 0 Å². The fourth-order valence-corrected chi connectivity index (χ4v) is 2.96. The molecule has 6 nitrogen and oxygen atoms in total. The third-order valence-corrected chi connectivity index (χ3v) is 4.80. The highest BCUT2D eigenvalue weighted by molar-refractivity contribution is 7.89. The Morgan fingerprint density at radius 1 is 1.20 bits per heavy atom. The van der Waals surface area contributed by atoms with E-state index in [1.165, 1.54) is 6.21 Å². The predicted octanol–water partition coefficient (Wildman–Crippen LogP) is 3.23. The summed E-state index contributed by atoms with van der Waals surface area (Å²) in [6, 6.07) is 11.6. The molecule has 0 unspecified atom stereocenters. The van der Waals surface area contributed by atoms with Crippen molar-refractivity contribution >= 4 is 16.2 Å². The van der Waals surface area contributed by atoms with Crippen molar-refractivity contribution in [1.82, 2.24) is 4.83 Å². The molecule has 0 bridgehead atoms. The molecule has 0 aliphatic heterocycles. The Labute approximate surface area is 148 Å². The summed E-state index contributed by atoms with van der Waals surface area (Å²) in [7, 11) is -3.77. The number of hydrogen-bond donors (Lipinski definition) is 2. The first-order valence-electron chi connectivity index (χ1n) is 7.94. The van der Waals surface area contributed by atoms with E-state index in [0.29, 0.717) is 23.8 Å². The van der Waals surface area contributed by atoms with Gasteiger partial charge < -0.3 is 9.84 Å². The molecule has 0 aliphatic carbocycles. The van der Waals surface area contributed by atoms with E-state index in [0.717, 1.165) is 5.56 Å². The fraction of sp³-hybridized carbons (Fsp3) is 0.278. The molecule has 0 saturated carbocycles. The summed E-state index contributed by atoms with van der Waals surface area (Å²) in [5.41, 5.74) is 1.41. The highest BCUT2D eigenvalue weighted by atomic mass is 32.2. The van der Waals surface area contributed by atoms with Gasteiger partial charge in [-0.25, -0.2) is 4.83 Å². The van der Waals surface area contributed by atoms with Gasteiger partial charge in [-0.1, -0.05) is 32.0 Å². The second-order valence-electron chi connectivity index (χ2n) is 5.70. The van der Waals surface area contributed by atoms with E-state index in [4.69, 9.17) is 4.74 Å². The van der Waals surface area contributed by atoms with Gasteiger partial charge in [0.1, 0.15) is 0 Å². The van der Waals surface area contributed by atoms with Crippen LogP contribution in [0.25, 0.3) is 0 Å². The Balaban J connectivity index is 2.14. The third kappa shape index (κ3) is 4.73. The maximum absolute atomic E-state index is 12.2. The summed E-state index contributed by atoms with van der Waals surface area (Å²) in [4.78, 5) is 2.27. The van der Waals surface area contributed by atoms with Crippen molar-refractivity contribution in [2.75, 3.05) is 6.61 Å². The lowest BCUT2D eigenvalue weighted by atomic mass is 10.0. The van der Waals surface area contributed by atoms with Crippen molar-refractivity contribution in [3.05, 3.63) is 53.6 Å². The van der Waals surface area contributed by atoms with Gasteiger partial charge >= 0.3 is 0 Å². The molecule has 134 valence electrons. The second-order valence-corrected chi connectivity index (χ2v) is 7.36. The van der Waals surface area contributed by atoms with Gasteiger partial charge in [-0.3, -0.25) is 0 Å². The fourth-order valence-electron chi connectivity index (χ4n) is 2.17. The monoisotopic (exact) mass is 362 g/mol. The Morgan fingerprint density at radius 3 is 2.48 bits per heavy atom. The Hall–Kier alpha value is -2.54. The normalized spacial score (nSPS) is 11.8. The van der Waals surface area contributed by atoms with E-state index < -0.39 is 10.0 Å². The van der Waals surface area contributed by atoms with Gasteiger partial charge in [-0.05, 0) is 42.7 Å². The number of nitrogens with one attached hydrogen (secondary N) is 1. The number of rotatable bonds is 7. The van der Waals surface area contributed by atoms with E-state index in [-0.39, 0.29) is 10.6 Å². The molecule has 0 amide bonds. The van der Waals surface area contributed by atoms with Crippen LogP contribution in [0, 0.1) is 0 Å². The number of hydrogen-bond acceptors (Lipinski definition) is 5. The number of sulfonamides is 1. The van der Waals surface area contributed by atoms with Crippen molar-refractivity contribution in [3.8, 4) is 11.5 Å². The van der Waals surface area contributed by atoms with Crippen LogP contribution < -0.4 is 9.57 Å². The molecule has 0 saturated heterocycles. The second kappa shape index (κ2) is 8.02. The molecule has 0 spiro atoms. The molecule has 0 aliphatic rings. The molecule has 0 atom stereocenters. The molecule has 0 heterocycles. The first-order chi connectivity index (χ1) is 11.8. The summed E-state index contributed by atoms with van der Waals surface area (Å²) >= 11 is 0. The number of phenols is 1. The summed E-state index contributed by atoms with van der Waals surface area (Å²) in [5.74, 6) is 0.551. The minimum absolute atomic E-state index is 0.0893. The molecular formula is C18H22N2O4S. The van der Waals surface area contributed by atoms with E-state index in [2.05, 4.69) is 9.93 Å². The van der Waals surface area contributed by atoms with Crippen LogP contribution in [0.3, 0.4) is 0 Å². The van der Waals surface area contributed by atoms with Crippen LogP contribution in [0.1, 0.15) is 37.8 Å². The van der Waals surface area contributed by atoms with E-state index >= 15 is 0 Å². The zero-order valence-electron chi connectivity index (χ0n) is 14.4. The average molecular weight is 362 g/mol. The van der Waals surface area contributed by atoms with E-state index in [9.17, 15) is 13.5 Å². The van der Waals surface area contributed by atoms with Crippen LogP contribution in [0.2, 0.25) is 0 Å². The van der Waals surface area contributed by atoms with Crippen LogP contribution in [0.4, 0.5) is 0 Å². The standard InChI is InChI=1S/C18H22N2O4S/c1-4-24-17-7-5-6-15(18(17)21)12-19-20-25(22,23)16-10-8-14(9-11-16)13(2)3/h5-13,20-21H,4H2,1-3H3. The van der Waals surface area contributed by atoms with E-state index in [1.807, 2.05) is 13.8 Å². The maximum atomic E-state index is 12.2. The first-order valence-corrected chi connectivity index (χ1v) is 9.43. The maximum Gasteiger partial charge on any atom is 0.276 e. The van der Waals surface area contributed by atoms with Gasteiger partial charge in [0.05, 0.1) is 17.7 Å². The lowest BCUT2D eigenvalue weighted by Crippen LogP contribution is -2.18. The lowest BCUT2D eigenvalue weighted by Gasteiger charge is -2.08. The van der Waals surface area contributed by atoms with Crippen molar-refractivity contribution in [3.63, 3.8) is 0 Å². The number of aromatic hydroxyl groups is 1. The highest BCUT2D eigenvalue weighted by Gasteiger charge is 2.13. The number of benzene rings is 2. The molecular weight excluding hydrogens is 340 g/mol. The van der Waals surface area contributed by atoms with Crippen molar-refractivity contribution in [2.24, 2.45) is 5.10 Å². The zero-order chi connectivity index (χ0) is 18.4. The molecule has 25 heavy (non-hydrogen) atoms. The van der Waals surface area contributed by atoms with Gasteiger partial charge in [-0.2, -0.15) is 13.5 Å². The molecule has 0 radical (unpaired) electrons. The van der Waals surface area contributed by atoms with Crippen LogP contribution >= 0.6 is 0 Å². The van der Waals surface area contributed by atoms with Gasteiger partial charge in [0.15, 0.2) is 11.5 Å². The minimum atomic E-state index is -3.77. The van der Waals surface area contributed by atoms with Crippen LogP contribution in [0.5, 0.6) is 11.5 Å². The Morgan fingerprint density at radius 2 is 1.88 bits per heavy atom. The van der Waals surface area contributed by atoms with Crippen molar-refractivity contribution in [1.29, 1.82) is 0 Å². The van der Waals surface area contributed by atoms with Crippen LogP contribution in [-0.2, 0) is 10.0 Å². The summed E-state index contributed by atoms with van der Waals surface area (Å²) < 4.78 is 29.8. The quantitative estimate of drug-likeness (QED) is 0.585. The van der Waals surface area contributed by atoms with Gasteiger partial charge in [0, 0.05) is 5.56 Å². The number of para-hydroxylation sites is 1. The molecule has 2 aromatic rings. The van der Waals surface area contributed by atoms with Crippen LogP contribution in [0.15, 0.2) is 52.5 Å². The SMILES string of the molecule is CCOc1cccc(C=NNS(=O)(=O)c2ccc(C(C)C)cc2)c1O. The highest BCUT2D eigenvalue weighted by Crippen LogP contribution is 2.28. The summed E-state index contributed by atoms with van der Waals surface area (Å²) in [6.07, 6.45) is 1.23. The zero-order valence-corrected chi connectivity index (χ0v) is 15.2. The average Bonchev–Trinajstić information content (AvgIpc) is 2.58. The minimum Gasteiger partial charge on any atom is -0.504 e. The van der Waals surface area contributed by atoms with Crippen molar-refractivity contribution in [2.45, 2.75) is 31.6 Å². The van der Waals surface area contributed by atoms with Crippen LogP contribution in [-0.4, -0.2) is 26.3 Å². The molecule has 2 rings (SSSR count). The molecule has 7 heteroatoms. The lowest BCUT2D eigenvalue weighted by molar-refractivity contribution is 0.318. The summed E-state index contributed by atoms with van der Waals surface area (Å²) in [5, 5.41) is 13.8. The summed E-state index contributed by atoms with van der Waals surface area (Å²) in [6.45, 7) is 6.29. The molecule has 0 fully saturated rings. The number of ether oxygens (including phenoxy) is 1. The first kappa shape index (κ1) is 18.8. The molecule has 2 N–H and O–H groups in total. The smallest absolute Gasteiger partial charge is 0.276 e. The van der Waals surface area contributed by atoms with Gasteiger partial charge in [0.25, 0.3) is 10.0 Å². The number of nitrogens with zero attached hydrogens (tertiary/aromatic N) is 1. The molecule has 2 aromatic carbocycles. The predicted molar refractivity (Wildman–Crippen MR) is 97.7 cm³/mol. The van der Waals surface area contributed by atoms with Gasteiger partial charge in [-0.15, -0.1) is 0 Å². The number of phenolic OH excluding ortho intramolecular Hbond substituents is 1. The topological polar surface area (TPSA) is 88.0 Å². The third-order valence-electron chi connectivity index (χ3n) is 3.56. The molecule has 0 aromatic heterocycles. The Bertz CT molecular complexity index is 844. The van der Waals surface area contributed by atoms with E-state index in [1.54, 1.807) is 49.4 Å². The number of hydrazone groups is 1. The largest absolute Gasteiger partial charge is 0.504 e. The Kier molecular flexibility index (Phi) is 6.03.